The van der Waals surface area contributed by atoms with Gasteiger partial charge in [-0.3, -0.25) is 0 Å². The van der Waals surface area contributed by atoms with Gasteiger partial charge < -0.3 is 14.2 Å². The second-order valence-electron chi connectivity index (χ2n) is 4.07. The first kappa shape index (κ1) is 10.4. The van der Waals surface area contributed by atoms with E-state index in [1.807, 2.05) is 0 Å². The summed E-state index contributed by atoms with van der Waals surface area (Å²) in [6.45, 7) is 3.10. The lowest BCUT2D eigenvalue weighted by atomic mass is 9.94. The summed E-state index contributed by atoms with van der Waals surface area (Å²) >= 11 is 0. The average molecular weight is 200 g/mol. The molecule has 3 nitrogen and oxygen atoms in total. The molecule has 82 valence electrons. The molecule has 14 heavy (non-hydrogen) atoms. The summed E-state index contributed by atoms with van der Waals surface area (Å²) in [4.78, 5) is 0. The van der Waals surface area contributed by atoms with Crippen LogP contribution >= 0.6 is 0 Å². The van der Waals surface area contributed by atoms with E-state index in [4.69, 9.17) is 14.2 Å². The second-order valence-corrected chi connectivity index (χ2v) is 4.07. The van der Waals surface area contributed by atoms with Crippen LogP contribution in [0.2, 0.25) is 0 Å². The molecule has 0 amide bonds. The van der Waals surface area contributed by atoms with E-state index >= 15 is 0 Å². The molecule has 1 saturated carbocycles. The van der Waals surface area contributed by atoms with Gasteiger partial charge in [0.2, 0.25) is 0 Å². The topological polar surface area (TPSA) is 27.7 Å². The van der Waals surface area contributed by atoms with Crippen LogP contribution in [0.15, 0.2) is 0 Å². The van der Waals surface area contributed by atoms with E-state index in [0.29, 0.717) is 12.2 Å². The van der Waals surface area contributed by atoms with Crippen molar-refractivity contribution in [2.45, 2.75) is 44.3 Å². The standard InChI is InChI=1S/C11H20O3/c1-2-5-11-10(4-1)13-7-3-6-12-8-9-14-11/h10-11H,1-9H2/t10-,11+/m1/s1. The third-order valence-corrected chi connectivity index (χ3v) is 2.97. The van der Waals surface area contributed by atoms with Gasteiger partial charge in [0.1, 0.15) is 0 Å². The van der Waals surface area contributed by atoms with E-state index in [1.165, 1.54) is 19.3 Å². The van der Waals surface area contributed by atoms with E-state index in [0.717, 1.165) is 39.3 Å². The maximum atomic E-state index is 5.82. The Morgan fingerprint density at radius 1 is 0.643 bits per heavy atom. The number of hydrogen-bond acceptors (Lipinski definition) is 3. The van der Waals surface area contributed by atoms with E-state index < -0.39 is 0 Å². The maximum Gasteiger partial charge on any atom is 0.0837 e. The fourth-order valence-corrected chi connectivity index (χ4v) is 2.20. The molecular weight excluding hydrogens is 180 g/mol. The zero-order valence-corrected chi connectivity index (χ0v) is 8.74. The van der Waals surface area contributed by atoms with Gasteiger partial charge in [0, 0.05) is 13.2 Å². The number of rotatable bonds is 0. The van der Waals surface area contributed by atoms with Crippen molar-refractivity contribution in [3.8, 4) is 0 Å². The molecule has 0 radical (unpaired) electrons. The van der Waals surface area contributed by atoms with Crippen LogP contribution in [0.5, 0.6) is 0 Å². The second kappa shape index (κ2) is 5.69. The minimum absolute atomic E-state index is 0.324. The summed E-state index contributed by atoms with van der Waals surface area (Å²) in [5.74, 6) is 0. The molecule has 1 aliphatic heterocycles. The quantitative estimate of drug-likeness (QED) is 0.596. The summed E-state index contributed by atoms with van der Waals surface area (Å²) in [5.41, 5.74) is 0. The van der Waals surface area contributed by atoms with Crippen LogP contribution in [-0.4, -0.2) is 38.6 Å². The lowest BCUT2D eigenvalue weighted by Gasteiger charge is -2.32. The normalized spacial score (nSPS) is 36.0. The maximum absolute atomic E-state index is 5.82. The highest BCUT2D eigenvalue weighted by Gasteiger charge is 2.26. The number of fused-ring (bicyclic) bond motifs is 1. The molecule has 1 saturated heterocycles. The molecule has 2 aliphatic rings. The first-order chi connectivity index (χ1) is 6.97. The van der Waals surface area contributed by atoms with Gasteiger partial charge in [-0.2, -0.15) is 0 Å². The predicted octanol–water partition coefficient (Wildman–Crippen LogP) is 1.75. The van der Waals surface area contributed by atoms with Crippen molar-refractivity contribution in [1.82, 2.24) is 0 Å². The van der Waals surface area contributed by atoms with Crippen molar-refractivity contribution in [2.75, 3.05) is 26.4 Å². The van der Waals surface area contributed by atoms with Crippen molar-refractivity contribution >= 4 is 0 Å². The van der Waals surface area contributed by atoms with Crippen molar-refractivity contribution in [3.05, 3.63) is 0 Å². The Balaban J connectivity index is 1.84. The Labute approximate surface area is 85.7 Å². The molecule has 2 rings (SSSR count). The first-order valence-electron chi connectivity index (χ1n) is 5.78. The van der Waals surface area contributed by atoms with Gasteiger partial charge in [-0.1, -0.05) is 12.8 Å². The monoisotopic (exact) mass is 200 g/mol. The lowest BCUT2D eigenvalue weighted by molar-refractivity contribution is -0.114. The first-order valence-corrected chi connectivity index (χ1v) is 5.78. The summed E-state index contributed by atoms with van der Waals surface area (Å²) in [6, 6.07) is 0. The van der Waals surface area contributed by atoms with Crippen molar-refractivity contribution in [1.29, 1.82) is 0 Å². The van der Waals surface area contributed by atoms with E-state index in [9.17, 15) is 0 Å². The molecule has 1 aliphatic carbocycles. The van der Waals surface area contributed by atoms with Crippen LogP contribution in [0.3, 0.4) is 0 Å². The molecular formula is C11H20O3. The zero-order chi connectivity index (χ0) is 9.64. The summed E-state index contributed by atoms with van der Waals surface area (Å²) in [6.07, 6.45) is 6.60. The minimum atomic E-state index is 0.324. The molecule has 0 unspecified atom stereocenters. The molecule has 3 heteroatoms. The lowest BCUT2D eigenvalue weighted by Crippen LogP contribution is -2.36. The van der Waals surface area contributed by atoms with Crippen LogP contribution in [0.25, 0.3) is 0 Å². The third kappa shape index (κ3) is 2.94. The Morgan fingerprint density at radius 2 is 1.36 bits per heavy atom. The van der Waals surface area contributed by atoms with Crippen molar-refractivity contribution < 1.29 is 14.2 Å². The fourth-order valence-electron chi connectivity index (χ4n) is 2.20. The SMILES string of the molecule is C1COCCO[C@H]2CCCC[C@H]2OC1. The minimum Gasteiger partial charge on any atom is -0.379 e. The van der Waals surface area contributed by atoms with Gasteiger partial charge in [-0.15, -0.1) is 0 Å². The van der Waals surface area contributed by atoms with Gasteiger partial charge in [-0.05, 0) is 19.3 Å². The summed E-state index contributed by atoms with van der Waals surface area (Å²) < 4.78 is 17.0. The summed E-state index contributed by atoms with van der Waals surface area (Å²) in [5, 5.41) is 0. The van der Waals surface area contributed by atoms with Gasteiger partial charge in [0.15, 0.2) is 0 Å². The molecule has 0 N–H and O–H groups in total. The van der Waals surface area contributed by atoms with Gasteiger partial charge in [-0.25, -0.2) is 0 Å². The molecule has 2 fully saturated rings. The zero-order valence-electron chi connectivity index (χ0n) is 8.74. The van der Waals surface area contributed by atoms with Crippen LogP contribution in [0.1, 0.15) is 32.1 Å². The Kier molecular flexibility index (Phi) is 4.22. The average Bonchev–Trinajstić information content (AvgIpc) is 2.25. The number of hydrogen-bond donors (Lipinski definition) is 0. The Morgan fingerprint density at radius 3 is 2.14 bits per heavy atom. The fraction of sp³-hybridized carbons (Fsp3) is 1.00. The van der Waals surface area contributed by atoms with E-state index in [-0.39, 0.29) is 0 Å². The van der Waals surface area contributed by atoms with Crippen LogP contribution < -0.4 is 0 Å². The molecule has 2 atom stereocenters. The molecule has 1 heterocycles. The molecule has 0 aromatic rings. The predicted molar refractivity (Wildman–Crippen MR) is 53.4 cm³/mol. The Hall–Kier alpha value is -0.120. The molecule has 0 aromatic heterocycles. The highest BCUT2D eigenvalue weighted by Crippen LogP contribution is 2.24. The van der Waals surface area contributed by atoms with Gasteiger partial charge >= 0.3 is 0 Å². The van der Waals surface area contributed by atoms with Crippen LogP contribution in [-0.2, 0) is 14.2 Å². The van der Waals surface area contributed by atoms with Gasteiger partial charge in [0.25, 0.3) is 0 Å². The largest absolute Gasteiger partial charge is 0.379 e. The van der Waals surface area contributed by atoms with Crippen molar-refractivity contribution in [2.24, 2.45) is 0 Å². The van der Waals surface area contributed by atoms with Crippen LogP contribution in [0.4, 0.5) is 0 Å². The van der Waals surface area contributed by atoms with Gasteiger partial charge in [0.05, 0.1) is 25.4 Å². The smallest absolute Gasteiger partial charge is 0.0837 e. The summed E-state index contributed by atoms with van der Waals surface area (Å²) in [7, 11) is 0. The van der Waals surface area contributed by atoms with E-state index in [2.05, 4.69) is 0 Å². The Bertz CT molecular complexity index is 143. The van der Waals surface area contributed by atoms with Crippen LogP contribution in [0, 0.1) is 0 Å². The third-order valence-electron chi connectivity index (χ3n) is 2.97. The highest BCUT2D eigenvalue weighted by molar-refractivity contribution is 4.76. The van der Waals surface area contributed by atoms with Crippen molar-refractivity contribution in [3.63, 3.8) is 0 Å². The molecule has 0 spiro atoms. The highest BCUT2D eigenvalue weighted by atomic mass is 16.6. The molecule has 0 bridgehead atoms. The number of ether oxygens (including phenoxy) is 3. The molecule has 0 aromatic carbocycles. The van der Waals surface area contributed by atoms with E-state index in [1.54, 1.807) is 0 Å².